The van der Waals surface area contributed by atoms with Gasteiger partial charge in [-0.2, -0.15) is 0 Å². The van der Waals surface area contributed by atoms with E-state index in [1.807, 2.05) is 25.2 Å². The van der Waals surface area contributed by atoms with E-state index in [1.54, 1.807) is 0 Å². The molecule has 1 unspecified atom stereocenters. The van der Waals surface area contributed by atoms with Crippen LogP contribution in [0.5, 0.6) is 0 Å². The van der Waals surface area contributed by atoms with Crippen molar-refractivity contribution < 1.29 is 4.18 Å². The monoisotopic (exact) mass is 506 g/mol. The van der Waals surface area contributed by atoms with Crippen LogP contribution in [0.2, 0.25) is 0 Å². The summed E-state index contributed by atoms with van der Waals surface area (Å²) in [6.07, 6.45) is 9.32. The lowest BCUT2D eigenvalue weighted by atomic mass is 9.73. The second kappa shape index (κ2) is 13.0. The van der Waals surface area contributed by atoms with Gasteiger partial charge in [-0.15, -0.1) is 21.6 Å². The molecule has 0 amide bonds. The molecule has 1 nitrogen and oxygen atoms in total. The molecule has 0 bridgehead atoms. The summed E-state index contributed by atoms with van der Waals surface area (Å²) in [6.45, 7) is 24.7. The Morgan fingerprint density at radius 2 is 1.56 bits per heavy atom. The maximum atomic E-state index is 6.78. The predicted octanol–water partition coefficient (Wildman–Crippen LogP) is 10.2. The fourth-order valence-corrected chi connectivity index (χ4v) is 6.90. The number of rotatable bonds is 10. The number of hydrogen-bond acceptors (Lipinski definition) is 2. The Labute approximate surface area is 218 Å². The molecule has 1 aromatic carbocycles. The van der Waals surface area contributed by atoms with Gasteiger partial charge in [0.15, 0.2) is 0 Å². The van der Waals surface area contributed by atoms with Crippen LogP contribution < -0.4 is 0 Å². The van der Waals surface area contributed by atoms with Crippen molar-refractivity contribution in [3.05, 3.63) is 56.8 Å². The van der Waals surface area contributed by atoms with Gasteiger partial charge in [0, 0.05) is 15.5 Å². The fraction of sp³-hybridized carbons (Fsp3) is 0.677. The van der Waals surface area contributed by atoms with Crippen molar-refractivity contribution in [1.29, 1.82) is 0 Å². The van der Waals surface area contributed by atoms with Crippen LogP contribution in [0.1, 0.15) is 109 Å². The van der Waals surface area contributed by atoms with Crippen molar-refractivity contribution in [1.82, 2.24) is 0 Å². The minimum Gasteiger partial charge on any atom is -0.333 e. The molecule has 2 rings (SSSR count). The first-order valence-corrected chi connectivity index (χ1v) is 16.6. The summed E-state index contributed by atoms with van der Waals surface area (Å²) in [4.78, 5) is 1.51. The molecule has 0 spiro atoms. The summed E-state index contributed by atoms with van der Waals surface area (Å²) in [5.74, 6) is 0. The Balaban J connectivity index is 0.00000281. The molecular weight excluding hydrogens is 452 g/mol. The molecule has 0 aliphatic carbocycles. The van der Waals surface area contributed by atoms with Gasteiger partial charge in [-0.05, 0) is 91.2 Å². The quantitative estimate of drug-likeness (QED) is 0.311. The van der Waals surface area contributed by atoms with Crippen LogP contribution in [0.4, 0.5) is 0 Å². The lowest BCUT2D eigenvalue weighted by molar-refractivity contribution is 0.0943. The van der Waals surface area contributed by atoms with E-state index in [1.165, 1.54) is 27.1 Å². The van der Waals surface area contributed by atoms with Crippen molar-refractivity contribution in [2.75, 3.05) is 12.5 Å². The van der Waals surface area contributed by atoms with Gasteiger partial charge >= 0.3 is 0 Å². The highest BCUT2D eigenvalue weighted by molar-refractivity contribution is 8.29. The van der Waals surface area contributed by atoms with Crippen molar-refractivity contribution in [2.24, 2.45) is 5.41 Å². The van der Waals surface area contributed by atoms with Crippen LogP contribution in [0.3, 0.4) is 0 Å². The van der Waals surface area contributed by atoms with Crippen molar-refractivity contribution in [2.45, 2.75) is 119 Å². The highest BCUT2D eigenvalue weighted by Gasteiger charge is 2.33. The summed E-state index contributed by atoms with van der Waals surface area (Å²) < 4.78 is 6.78. The molecule has 0 saturated carbocycles. The van der Waals surface area contributed by atoms with E-state index in [0.29, 0.717) is 5.25 Å². The summed E-state index contributed by atoms with van der Waals surface area (Å²) in [5, 5.41) is 2.87. The highest BCUT2D eigenvalue weighted by atomic mass is 32.3. The summed E-state index contributed by atoms with van der Waals surface area (Å²) >= 11 is 1.92. The predicted molar refractivity (Wildman–Crippen MR) is 160 cm³/mol. The summed E-state index contributed by atoms with van der Waals surface area (Å²) in [6, 6.07) is 9.66. The first-order chi connectivity index (χ1) is 15.8. The molecular formula is C31H54OS2. The molecule has 0 saturated heterocycles. The van der Waals surface area contributed by atoms with Crippen molar-refractivity contribution >= 4 is 21.6 Å². The zero-order chi connectivity index (χ0) is 26.3. The molecule has 1 heterocycles. The van der Waals surface area contributed by atoms with E-state index < -0.39 is 10.3 Å². The molecule has 1 aromatic heterocycles. The summed E-state index contributed by atoms with van der Waals surface area (Å²) in [5.41, 5.74) is 6.01. The average Bonchev–Trinajstić information content (AvgIpc) is 3.20. The molecule has 0 aliphatic rings. The lowest BCUT2D eigenvalue weighted by Crippen LogP contribution is -2.32. The first kappa shape index (κ1) is 31.3. The third kappa shape index (κ3) is 7.61. The highest BCUT2D eigenvalue weighted by Crippen LogP contribution is 2.50. The van der Waals surface area contributed by atoms with Crippen LogP contribution in [-0.4, -0.2) is 23.9 Å². The second-order valence-corrected chi connectivity index (χ2v) is 15.9. The molecule has 0 radical (unpaired) electrons. The van der Waals surface area contributed by atoms with Gasteiger partial charge in [0.25, 0.3) is 0 Å². The number of hydrogen-bond donors (Lipinski definition) is 0. The zero-order valence-electron chi connectivity index (χ0n) is 24.6. The fourth-order valence-electron chi connectivity index (χ4n) is 4.43. The van der Waals surface area contributed by atoms with Crippen molar-refractivity contribution in [3.8, 4) is 0 Å². The van der Waals surface area contributed by atoms with Crippen LogP contribution in [0.25, 0.3) is 0 Å². The normalized spacial score (nSPS) is 14.1. The Hall–Kier alpha value is -0.770. The van der Waals surface area contributed by atoms with Gasteiger partial charge in [0.1, 0.15) is 0 Å². The SMILES string of the molecule is CC.CCC(CC)(c1ccc(CCC(OS(C)(C)C(C)C)C(C)(C)C)c(C)c1)c1cc(C)cs1. The molecule has 0 fully saturated rings. The minimum atomic E-state index is -1.06. The Kier molecular flexibility index (Phi) is 11.9. The maximum Gasteiger partial charge on any atom is 0.0752 e. The molecule has 0 aliphatic heterocycles. The van der Waals surface area contributed by atoms with Crippen LogP contribution in [-0.2, 0) is 16.0 Å². The third-order valence-corrected chi connectivity index (χ3v) is 11.7. The topological polar surface area (TPSA) is 9.23 Å². The number of aryl methyl sites for hydroxylation is 3. The van der Waals surface area contributed by atoms with E-state index in [2.05, 4.69) is 104 Å². The van der Waals surface area contributed by atoms with Gasteiger partial charge in [0.2, 0.25) is 0 Å². The second-order valence-electron chi connectivity index (χ2n) is 11.3. The van der Waals surface area contributed by atoms with E-state index >= 15 is 0 Å². The van der Waals surface area contributed by atoms with Gasteiger partial charge in [-0.3, -0.25) is 0 Å². The molecule has 0 N–H and O–H groups in total. The first-order valence-electron chi connectivity index (χ1n) is 13.3. The standard InChI is InChI=1S/C29H48OS2.C2H6/c1-12-29(13-2,27-18-22(5)20-31-27)25-16-14-24(23(6)19-25)15-17-26(28(7,8)9)30-32(10,11)21(3)4;1-2/h14,16,18-21,26H,12-13,15,17H2,1-11H3;1-2H3. The van der Waals surface area contributed by atoms with E-state index in [-0.39, 0.29) is 16.9 Å². The van der Waals surface area contributed by atoms with Gasteiger partial charge in [-0.1, -0.05) is 80.5 Å². The van der Waals surface area contributed by atoms with Gasteiger partial charge in [-0.25, -0.2) is 0 Å². The zero-order valence-corrected chi connectivity index (χ0v) is 26.2. The Bertz CT molecular complexity index is 866. The molecule has 196 valence electrons. The van der Waals surface area contributed by atoms with E-state index in [4.69, 9.17) is 4.18 Å². The number of benzene rings is 1. The van der Waals surface area contributed by atoms with E-state index in [0.717, 1.165) is 25.7 Å². The van der Waals surface area contributed by atoms with Crippen LogP contribution in [0, 0.1) is 19.3 Å². The Morgan fingerprint density at radius 1 is 0.971 bits per heavy atom. The Morgan fingerprint density at radius 3 is 1.97 bits per heavy atom. The molecule has 34 heavy (non-hydrogen) atoms. The molecule has 1 atom stereocenters. The molecule has 3 heteroatoms. The number of thiophene rings is 1. The van der Waals surface area contributed by atoms with Crippen LogP contribution in [0.15, 0.2) is 29.6 Å². The largest absolute Gasteiger partial charge is 0.333 e. The third-order valence-electron chi connectivity index (χ3n) is 7.45. The van der Waals surface area contributed by atoms with Crippen molar-refractivity contribution in [3.63, 3.8) is 0 Å². The smallest absolute Gasteiger partial charge is 0.0752 e. The van der Waals surface area contributed by atoms with Gasteiger partial charge in [0.05, 0.1) is 6.10 Å². The van der Waals surface area contributed by atoms with Gasteiger partial charge < -0.3 is 4.18 Å². The van der Waals surface area contributed by atoms with Crippen LogP contribution >= 0.6 is 21.6 Å². The summed E-state index contributed by atoms with van der Waals surface area (Å²) in [7, 11) is -1.06. The maximum absolute atomic E-state index is 6.78. The minimum absolute atomic E-state index is 0.129. The average molecular weight is 507 g/mol. The molecule has 2 aromatic rings. The lowest BCUT2D eigenvalue weighted by Gasteiger charge is -2.43. The van der Waals surface area contributed by atoms with E-state index in [9.17, 15) is 0 Å².